The molecule has 0 radical (unpaired) electrons. The van der Waals surface area contributed by atoms with Gasteiger partial charge in [-0.2, -0.15) is 0 Å². The van der Waals surface area contributed by atoms with Gasteiger partial charge in [-0.3, -0.25) is 9.47 Å². The van der Waals surface area contributed by atoms with E-state index in [1.165, 1.54) is 7.11 Å². The molecule has 2 aliphatic rings. The van der Waals surface area contributed by atoms with Crippen molar-refractivity contribution in [2.24, 2.45) is 11.8 Å². The molecule has 0 bridgehead atoms. The van der Waals surface area contributed by atoms with E-state index in [0.29, 0.717) is 12.1 Å². The minimum Gasteiger partial charge on any atom is -0.496 e. The van der Waals surface area contributed by atoms with Crippen molar-refractivity contribution in [2.45, 2.75) is 77.5 Å². The van der Waals surface area contributed by atoms with Crippen LogP contribution in [0.5, 0.6) is 5.75 Å². The lowest BCUT2D eigenvalue weighted by Gasteiger charge is -2.47. The number of halogens is 2. The first-order valence-electron chi connectivity index (χ1n) is 14.5. The van der Waals surface area contributed by atoms with Gasteiger partial charge in [0.05, 0.1) is 25.3 Å². The maximum absolute atomic E-state index is 13.8. The first-order chi connectivity index (χ1) is 19.8. The van der Waals surface area contributed by atoms with E-state index in [2.05, 4.69) is 4.90 Å². The summed E-state index contributed by atoms with van der Waals surface area (Å²) in [5.41, 5.74) is 3.45. The zero-order valence-electron chi connectivity index (χ0n) is 25.2. The molecule has 2 aromatic carbocycles. The van der Waals surface area contributed by atoms with Crippen LogP contribution in [-0.2, 0) is 16.0 Å². The minimum atomic E-state index is -2.55. The van der Waals surface area contributed by atoms with E-state index in [-0.39, 0.29) is 30.7 Å². The lowest BCUT2D eigenvalue weighted by atomic mass is 9.68. The van der Waals surface area contributed by atoms with Crippen molar-refractivity contribution in [3.63, 3.8) is 0 Å². The number of rotatable bonds is 6. The Bertz CT molecular complexity index is 1470. The van der Waals surface area contributed by atoms with Crippen LogP contribution in [0.3, 0.4) is 0 Å². The van der Waals surface area contributed by atoms with Crippen LogP contribution in [0, 0.1) is 18.8 Å². The highest BCUT2D eigenvalue weighted by Crippen LogP contribution is 2.51. The summed E-state index contributed by atoms with van der Waals surface area (Å²) in [5, 5.41) is 0.901. The molecule has 2 atom stereocenters. The third-order valence-corrected chi connectivity index (χ3v) is 8.66. The van der Waals surface area contributed by atoms with Crippen LogP contribution >= 0.6 is 0 Å². The van der Waals surface area contributed by atoms with Gasteiger partial charge in [0.2, 0.25) is 5.92 Å². The smallest absolute Gasteiger partial charge is 0.419 e. The molecule has 7 nitrogen and oxygen atoms in total. The second-order valence-electron chi connectivity index (χ2n) is 12.7. The van der Waals surface area contributed by atoms with Gasteiger partial charge in [-0.15, -0.1) is 0 Å². The maximum Gasteiger partial charge on any atom is 0.419 e. The maximum atomic E-state index is 13.8. The Labute approximate surface area is 245 Å². The van der Waals surface area contributed by atoms with E-state index < -0.39 is 23.6 Å². The van der Waals surface area contributed by atoms with Crippen molar-refractivity contribution in [1.82, 2.24) is 9.47 Å². The zero-order valence-corrected chi connectivity index (χ0v) is 25.2. The van der Waals surface area contributed by atoms with Crippen LogP contribution in [0.1, 0.15) is 79.5 Å². The van der Waals surface area contributed by atoms with E-state index in [1.807, 2.05) is 52.0 Å². The molecule has 1 aliphatic carbocycles. The number of carbonyl (C=O) groups is 2. The molecular formula is C33H40F2N2O5. The van der Waals surface area contributed by atoms with Crippen molar-refractivity contribution in [2.75, 3.05) is 20.8 Å². The standard InChI is InChI=1S/C33H40F2N2O5/c1-20-15-28(40-5)26(25-12-14-37(29(20)25)31(39)42-32(2,3)4)19-36-13-11-23(24-17-33(34,35)18-24)16-27(36)21-7-9-22(10-8-21)30(38)41-6/h7-10,12,14-15,23-24,27H,11,13,16-19H2,1-6H3/t23-,27-/m1/s1. The Kier molecular flexibility index (Phi) is 8.09. The number of nitrogens with zero attached hydrogens (tertiary/aromatic N) is 2. The van der Waals surface area contributed by atoms with Crippen LogP contribution in [-0.4, -0.2) is 53.8 Å². The number of benzene rings is 2. The van der Waals surface area contributed by atoms with Gasteiger partial charge in [0, 0.05) is 42.6 Å². The summed E-state index contributed by atoms with van der Waals surface area (Å²) in [5.74, 6) is -2.02. The number of alkyl halides is 2. The van der Waals surface area contributed by atoms with Gasteiger partial charge < -0.3 is 14.2 Å². The van der Waals surface area contributed by atoms with Crippen LogP contribution in [0.15, 0.2) is 42.6 Å². The molecule has 1 saturated heterocycles. The van der Waals surface area contributed by atoms with E-state index in [0.717, 1.165) is 52.7 Å². The average molecular weight is 583 g/mol. The Morgan fingerprint density at radius 2 is 1.74 bits per heavy atom. The van der Waals surface area contributed by atoms with E-state index in [4.69, 9.17) is 14.2 Å². The fourth-order valence-corrected chi connectivity index (χ4v) is 6.58. The van der Waals surface area contributed by atoms with Crippen molar-refractivity contribution < 1.29 is 32.6 Å². The lowest BCUT2D eigenvalue weighted by Crippen LogP contribution is -2.45. The van der Waals surface area contributed by atoms with Gasteiger partial charge >= 0.3 is 12.1 Å². The number of methoxy groups -OCH3 is 2. The normalized spacial score (nSPS) is 21.1. The topological polar surface area (TPSA) is 70.0 Å². The molecule has 1 saturated carbocycles. The highest BCUT2D eigenvalue weighted by atomic mass is 19.3. The number of aromatic nitrogens is 1. The number of likely N-dealkylation sites (tertiary alicyclic amines) is 1. The predicted molar refractivity (Wildman–Crippen MR) is 156 cm³/mol. The minimum absolute atomic E-state index is 0.0162. The third kappa shape index (κ3) is 6.02. The van der Waals surface area contributed by atoms with Gasteiger partial charge in [0.25, 0.3) is 0 Å². The number of hydrogen-bond acceptors (Lipinski definition) is 6. The van der Waals surface area contributed by atoms with E-state index in [9.17, 15) is 18.4 Å². The molecule has 2 heterocycles. The summed E-state index contributed by atoms with van der Waals surface area (Å²) in [6.07, 6.45) is 2.77. The zero-order chi connectivity index (χ0) is 30.4. The molecular weight excluding hydrogens is 542 g/mol. The third-order valence-electron chi connectivity index (χ3n) is 8.66. The highest BCUT2D eigenvalue weighted by molar-refractivity contribution is 5.95. The Hall–Kier alpha value is -3.46. The summed E-state index contributed by atoms with van der Waals surface area (Å²) in [7, 11) is 2.99. The molecule has 0 spiro atoms. The molecule has 0 amide bonds. The summed E-state index contributed by atoms with van der Waals surface area (Å²) in [6, 6.07) is 11.2. The van der Waals surface area contributed by atoms with Crippen LogP contribution in [0.2, 0.25) is 0 Å². The second kappa shape index (κ2) is 11.3. The van der Waals surface area contributed by atoms with Crippen molar-refractivity contribution in [3.05, 3.63) is 64.8 Å². The molecule has 5 rings (SSSR count). The van der Waals surface area contributed by atoms with Crippen LogP contribution in [0.25, 0.3) is 10.9 Å². The second-order valence-corrected chi connectivity index (χ2v) is 12.7. The number of aryl methyl sites for hydroxylation is 1. The van der Waals surface area contributed by atoms with Crippen molar-refractivity contribution in [1.29, 1.82) is 0 Å². The van der Waals surface area contributed by atoms with E-state index >= 15 is 0 Å². The summed E-state index contributed by atoms with van der Waals surface area (Å²) in [6.45, 7) is 8.72. The number of ether oxygens (including phenoxy) is 3. The first-order valence-corrected chi connectivity index (χ1v) is 14.5. The fraction of sp³-hybridized carbons (Fsp3) is 0.515. The molecule has 0 unspecified atom stereocenters. The largest absolute Gasteiger partial charge is 0.496 e. The van der Waals surface area contributed by atoms with Gasteiger partial charge in [-0.25, -0.2) is 18.4 Å². The molecule has 9 heteroatoms. The highest BCUT2D eigenvalue weighted by Gasteiger charge is 2.49. The first kappa shape index (κ1) is 30.0. The Morgan fingerprint density at radius 3 is 2.33 bits per heavy atom. The summed E-state index contributed by atoms with van der Waals surface area (Å²) >= 11 is 0. The molecule has 1 aliphatic heterocycles. The SMILES string of the molecule is COC(=O)c1ccc([C@H]2C[C@H](C3CC(F)(F)C3)CCN2Cc2c(OC)cc(C)c3c2ccn3C(=O)OC(C)(C)C)cc1. The van der Waals surface area contributed by atoms with Crippen LogP contribution in [0.4, 0.5) is 13.6 Å². The number of hydrogen-bond donors (Lipinski definition) is 0. The quantitative estimate of drug-likeness (QED) is 0.280. The molecule has 0 N–H and O–H groups in total. The number of fused-ring (bicyclic) bond motifs is 1. The summed E-state index contributed by atoms with van der Waals surface area (Å²) in [4.78, 5) is 27.5. The molecule has 42 heavy (non-hydrogen) atoms. The Balaban J connectivity index is 1.50. The number of piperidine rings is 1. The molecule has 3 aromatic rings. The number of esters is 1. The van der Waals surface area contributed by atoms with Crippen LogP contribution < -0.4 is 4.74 Å². The number of carbonyl (C=O) groups excluding carboxylic acids is 2. The molecule has 226 valence electrons. The van der Waals surface area contributed by atoms with E-state index in [1.54, 1.807) is 30.0 Å². The lowest BCUT2D eigenvalue weighted by molar-refractivity contribution is -0.134. The van der Waals surface area contributed by atoms with Crippen molar-refractivity contribution >= 4 is 23.0 Å². The molecule has 2 fully saturated rings. The Morgan fingerprint density at radius 1 is 1.05 bits per heavy atom. The monoisotopic (exact) mass is 582 g/mol. The molecule has 1 aromatic heterocycles. The van der Waals surface area contributed by atoms with Gasteiger partial charge in [-0.1, -0.05) is 12.1 Å². The van der Waals surface area contributed by atoms with Crippen molar-refractivity contribution in [3.8, 4) is 5.75 Å². The van der Waals surface area contributed by atoms with Gasteiger partial charge in [-0.05, 0) is 94.3 Å². The fourth-order valence-electron chi connectivity index (χ4n) is 6.58. The predicted octanol–water partition coefficient (Wildman–Crippen LogP) is 7.53. The van der Waals surface area contributed by atoms with Gasteiger partial charge in [0.15, 0.2) is 0 Å². The summed E-state index contributed by atoms with van der Waals surface area (Å²) < 4.78 is 45.5. The van der Waals surface area contributed by atoms with Gasteiger partial charge in [0.1, 0.15) is 11.4 Å². The average Bonchev–Trinajstić information content (AvgIpc) is 3.38.